The van der Waals surface area contributed by atoms with E-state index < -0.39 is 24.0 Å². The Hall–Kier alpha value is -2.36. The highest BCUT2D eigenvalue weighted by Gasteiger charge is 2.25. The largest absolute Gasteiger partial charge is 0.464 e. The third kappa shape index (κ3) is 6.38. The predicted molar refractivity (Wildman–Crippen MR) is 101 cm³/mol. The summed E-state index contributed by atoms with van der Waals surface area (Å²) in [6, 6.07) is 8.18. The van der Waals surface area contributed by atoms with Crippen molar-refractivity contribution in [3.8, 4) is 0 Å². The average molecular weight is 393 g/mol. The van der Waals surface area contributed by atoms with Crippen molar-refractivity contribution in [3.05, 3.63) is 53.7 Å². The minimum Gasteiger partial charge on any atom is -0.464 e. The molecule has 0 radical (unpaired) electrons. The molecule has 0 spiro atoms. The second kappa shape index (κ2) is 10.7. The first-order valence-corrected chi connectivity index (χ1v) is 9.61. The van der Waals surface area contributed by atoms with Gasteiger partial charge in [0.15, 0.2) is 5.69 Å². The quantitative estimate of drug-likeness (QED) is 0.515. The number of esters is 1. The number of rotatable bonds is 10. The second-order valence-corrected chi connectivity index (χ2v) is 6.67. The molecular formula is C18H23N3O5S. The maximum Gasteiger partial charge on any atom is 0.329 e. The summed E-state index contributed by atoms with van der Waals surface area (Å²) in [6.07, 6.45) is 1.14. The molecule has 1 aromatic carbocycles. The highest BCUT2D eigenvalue weighted by atomic mass is 32.2. The Bertz CT molecular complexity index is 738. The van der Waals surface area contributed by atoms with E-state index in [0.717, 1.165) is 11.8 Å². The van der Waals surface area contributed by atoms with Gasteiger partial charge >= 0.3 is 5.97 Å². The molecule has 2 aromatic rings. The van der Waals surface area contributed by atoms with Crippen LogP contribution in [0.25, 0.3) is 0 Å². The van der Waals surface area contributed by atoms with Gasteiger partial charge < -0.3 is 25.3 Å². The Morgan fingerprint density at radius 2 is 2.11 bits per heavy atom. The van der Waals surface area contributed by atoms with Crippen LogP contribution in [0.3, 0.4) is 0 Å². The van der Waals surface area contributed by atoms with Gasteiger partial charge in [-0.3, -0.25) is 4.79 Å². The van der Waals surface area contributed by atoms with Crippen molar-refractivity contribution in [1.29, 1.82) is 0 Å². The summed E-state index contributed by atoms with van der Waals surface area (Å²) in [5, 5.41) is 11.6. The number of amides is 1. The molecule has 27 heavy (non-hydrogen) atoms. The van der Waals surface area contributed by atoms with Crippen LogP contribution in [0, 0.1) is 0 Å². The van der Waals surface area contributed by atoms with E-state index in [2.05, 4.69) is 10.3 Å². The van der Waals surface area contributed by atoms with Crippen LogP contribution in [0.1, 0.15) is 34.9 Å². The van der Waals surface area contributed by atoms with Crippen molar-refractivity contribution in [2.45, 2.75) is 24.8 Å². The highest BCUT2D eigenvalue weighted by Crippen LogP contribution is 2.14. The molecule has 0 fully saturated rings. The molecule has 8 nitrogen and oxygen atoms in total. The third-order valence-electron chi connectivity index (χ3n) is 3.54. The number of nitrogens with one attached hydrogen (secondary N) is 1. The number of aliphatic hydroxyl groups is 1. The molecule has 146 valence electrons. The van der Waals surface area contributed by atoms with Gasteiger partial charge in [0.2, 0.25) is 5.89 Å². The monoisotopic (exact) mass is 393 g/mol. The fourth-order valence-electron chi connectivity index (χ4n) is 2.15. The van der Waals surface area contributed by atoms with Gasteiger partial charge in [-0.1, -0.05) is 30.3 Å². The van der Waals surface area contributed by atoms with Crippen LogP contribution in [-0.2, 0) is 15.3 Å². The first kappa shape index (κ1) is 20.9. The first-order chi connectivity index (χ1) is 13.0. The molecular weight excluding hydrogens is 370 g/mol. The molecule has 2 atom stereocenters. The Balaban J connectivity index is 1.97. The normalized spacial score (nSPS) is 13.0. The van der Waals surface area contributed by atoms with Crippen molar-refractivity contribution in [2.75, 3.05) is 19.0 Å². The van der Waals surface area contributed by atoms with Gasteiger partial charge in [-0.15, -0.1) is 0 Å². The van der Waals surface area contributed by atoms with Crippen molar-refractivity contribution in [2.24, 2.45) is 5.73 Å². The van der Waals surface area contributed by atoms with Gasteiger partial charge in [-0.25, -0.2) is 9.78 Å². The molecule has 0 saturated heterocycles. The number of ether oxygens (including phenoxy) is 1. The third-order valence-corrected chi connectivity index (χ3v) is 4.65. The number of thioether (sulfide) groups is 1. The molecule has 0 aliphatic carbocycles. The van der Waals surface area contributed by atoms with Crippen LogP contribution in [-0.4, -0.2) is 47.0 Å². The van der Waals surface area contributed by atoms with Crippen LogP contribution in [0.4, 0.5) is 0 Å². The van der Waals surface area contributed by atoms with E-state index in [1.54, 1.807) is 6.92 Å². The van der Waals surface area contributed by atoms with E-state index in [1.807, 2.05) is 30.3 Å². The molecule has 0 bridgehead atoms. The minimum absolute atomic E-state index is 0.0174. The Labute approximate surface area is 161 Å². The van der Waals surface area contributed by atoms with Gasteiger partial charge in [0.1, 0.15) is 18.3 Å². The number of aliphatic hydroxyl groups excluding tert-OH is 1. The van der Waals surface area contributed by atoms with Crippen LogP contribution in [0.5, 0.6) is 0 Å². The molecule has 0 aliphatic heterocycles. The predicted octanol–water partition coefficient (Wildman–Crippen LogP) is 1.26. The van der Waals surface area contributed by atoms with Gasteiger partial charge in [0.05, 0.1) is 13.2 Å². The lowest BCUT2D eigenvalue weighted by Gasteiger charge is -2.16. The van der Waals surface area contributed by atoms with Crippen molar-refractivity contribution in [3.63, 3.8) is 0 Å². The number of nitrogens with two attached hydrogens (primary N) is 1. The van der Waals surface area contributed by atoms with Crippen LogP contribution < -0.4 is 11.1 Å². The molecule has 2 rings (SSSR count). The summed E-state index contributed by atoms with van der Waals surface area (Å²) < 4.78 is 10.1. The maximum atomic E-state index is 12.4. The van der Waals surface area contributed by atoms with Crippen molar-refractivity contribution >= 4 is 23.6 Å². The number of benzene rings is 1. The van der Waals surface area contributed by atoms with Crippen molar-refractivity contribution in [1.82, 2.24) is 10.3 Å². The van der Waals surface area contributed by atoms with E-state index in [-0.39, 0.29) is 24.8 Å². The minimum atomic E-state index is -0.821. The number of nitrogens with zero attached hydrogens (tertiary/aromatic N) is 1. The Kier molecular flexibility index (Phi) is 8.31. The number of aromatic nitrogens is 1. The molecule has 2 unspecified atom stereocenters. The second-order valence-electron chi connectivity index (χ2n) is 5.64. The lowest BCUT2D eigenvalue weighted by molar-refractivity contribution is -0.144. The van der Waals surface area contributed by atoms with Gasteiger partial charge in [0, 0.05) is 11.5 Å². The number of carbonyl (C=O) groups is 2. The molecule has 9 heteroatoms. The van der Waals surface area contributed by atoms with Crippen LogP contribution in [0.2, 0.25) is 0 Å². The first-order valence-electron chi connectivity index (χ1n) is 8.46. The van der Waals surface area contributed by atoms with E-state index in [4.69, 9.17) is 20.0 Å². The van der Waals surface area contributed by atoms with E-state index in [0.29, 0.717) is 11.5 Å². The van der Waals surface area contributed by atoms with Gasteiger partial charge in [-0.2, -0.15) is 11.8 Å². The molecule has 0 saturated carbocycles. The van der Waals surface area contributed by atoms with Crippen LogP contribution in [0.15, 0.2) is 41.0 Å². The average Bonchev–Trinajstić information content (AvgIpc) is 3.18. The fourth-order valence-corrected chi connectivity index (χ4v) is 3.15. The fraction of sp³-hybridized carbons (Fsp3) is 0.389. The van der Waals surface area contributed by atoms with Gasteiger partial charge in [0.25, 0.3) is 5.91 Å². The maximum absolute atomic E-state index is 12.4. The number of hydrogen-bond acceptors (Lipinski definition) is 8. The van der Waals surface area contributed by atoms with E-state index in [9.17, 15) is 9.59 Å². The molecule has 1 amide bonds. The zero-order valence-corrected chi connectivity index (χ0v) is 15.8. The summed E-state index contributed by atoms with van der Waals surface area (Å²) in [7, 11) is 0. The number of hydrogen-bond donors (Lipinski definition) is 3. The summed E-state index contributed by atoms with van der Waals surface area (Å²) >= 11 is 1.51. The van der Waals surface area contributed by atoms with E-state index >= 15 is 0 Å². The molecule has 1 aromatic heterocycles. The molecule has 0 aliphatic rings. The lowest BCUT2D eigenvalue weighted by Crippen LogP contribution is -2.43. The van der Waals surface area contributed by atoms with E-state index in [1.165, 1.54) is 11.8 Å². The summed E-state index contributed by atoms with van der Waals surface area (Å²) in [6.45, 7) is 1.56. The highest BCUT2D eigenvalue weighted by molar-refractivity contribution is 7.98. The molecule has 4 N–H and O–H groups in total. The Morgan fingerprint density at radius 1 is 1.37 bits per heavy atom. The molecule has 1 heterocycles. The zero-order chi connectivity index (χ0) is 19.6. The zero-order valence-electron chi connectivity index (χ0n) is 15.0. The van der Waals surface area contributed by atoms with Gasteiger partial charge in [-0.05, 0) is 12.5 Å². The Morgan fingerprint density at radius 3 is 2.78 bits per heavy atom. The number of carbonyl (C=O) groups excluding carboxylic acids is 2. The van der Waals surface area contributed by atoms with Crippen LogP contribution >= 0.6 is 11.8 Å². The summed E-state index contributed by atoms with van der Waals surface area (Å²) in [4.78, 5) is 28.5. The SMILES string of the molecule is CCOC(=O)C(CSCc1ccccc1)NC(=O)c1coc(C(N)CO)n1. The number of oxazole rings is 1. The standard InChI is InChI=1S/C18H23N3O5S/c1-2-25-18(24)15(11-27-10-12-6-4-3-5-7-12)20-16(23)14-9-26-17(21-14)13(19)8-22/h3-7,9,13,15,22H,2,8,10-11,19H2,1H3,(H,20,23). The summed E-state index contributed by atoms with van der Waals surface area (Å²) in [5.74, 6) is 0.0105. The lowest BCUT2D eigenvalue weighted by atomic mass is 10.2. The summed E-state index contributed by atoms with van der Waals surface area (Å²) in [5.41, 5.74) is 6.71. The topological polar surface area (TPSA) is 128 Å². The smallest absolute Gasteiger partial charge is 0.329 e. The van der Waals surface area contributed by atoms with Crippen molar-refractivity contribution < 1.29 is 23.8 Å².